The van der Waals surface area contributed by atoms with Crippen LogP contribution in [0.1, 0.15) is 24.6 Å². The first-order chi connectivity index (χ1) is 9.75. The van der Waals surface area contributed by atoms with E-state index in [4.69, 9.17) is 0 Å². The Morgan fingerprint density at radius 2 is 1.65 bits per heavy atom. The lowest BCUT2D eigenvalue weighted by Gasteiger charge is -2.05. The summed E-state index contributed by atoms with van der Waals surface area (Å²) in [4.78, 5) is 6.07. The van der Waals surface area contributed by atoms with E-state index in [0.717, 1.165) is 5.52 Å². The molecule has 20 heavy (non-hydrogen) atoms. The van der Waals surface area contributed by atoms with Crippen LogP contribution in [0.2, 0.25) is 0 Å². The molecule has 0 fully saturated rings. The molecule has 0 N–H and O–H groups in total. The van der Waals surface area contributed by atoms with Gasteiger partial charge in [-0.25, -0.2) is 0 Å². The first-order valence-corrected chi connectivity index (χ1v) is 7.76. The Labute approximate surface area is 121 Å². The van der Waals surface area contributed by atoms with Crippen LogP contribution < -0.4 is 0 Å². The summed E-state index contributed by atoms with van der Waals surface area (Å²) in [5.74, 6) is 0.560. The summed E-state index contributed by atoms with van der Waals surface area (Å²) in [6, 6.07) is 15.2. The predicted octanol–water partition coefficient (Wildman–Crippen LogP) is 5.73. The molecule has 0 unspecified atom stereocenters. The smallest absolute Gasteiger partial charge is 0.0795 e. The molecule has 98 valence electrons. The number of fused-ring (bicyclic) bond motifs is 6. The second kappa shape index (κ2) is 4.29. The molecule has 2 aromatic heterocycles. The topological polar surface area (TPSA) is 12.9 Å². The molecular weight excluding hydrogens is 262 g/mol. The summed E-state index contributed by atoms with van der Waals surface area (Å²) >= 11 is 1.91. The molecule has 0 saturated heterocycles. The van der Waals surface area contributed by atoms with Crippen molar-refractivity contribution in [2.45, 2.75) is 19.8 Å². The summed E-state index contributed by atoms with van der Waals surface area (Å²) in [6.07, 6.45) is 1.89. The van der Waals surface area contributed by atoms with Crippen molar-refractivity contribution in [1.82, 2.24) is 4.98 Å². The van der Waals surface area contributed by atoms with Crippen molar-refractivity contribution in [3.8, 4) is 0 Å². The maximum atomic E-state index is 4.64. The van der Waals surface area contributed by atoms with Crippen LogP contribution in [0.5, 0.6) is 0 Å². The highest BCUT2D eigenvalue weighted by Crippen LogP contribution is 2.40. The van der Waals surface area contributed by atoms with E-state index in [9.17, 15) is 0 Å². The fourth-order valence-corrected chi connectivity index (χ4v) is 4.03. The Bertz CT molecular complexity index is 861. The molecule has 2 heterocycles. The average molecular weight is 277 g/mol. The van der Waals surface area contributed by atoms with E-state index in [1.165, 1.54) is 31.1 Å². The standard InChI is InChI=1S/C18H15NS/c1-11(2)16-10-15-17-13(8-5-9-19-17)12-6-3-4-7-14(12)18(15)20-16/h3-11H,1-2H3. The van der Waals surface area contributed by atoms with Gasteiger partial charge in [-0.3, -0.25) is 4.98 Å². The molecular formula is C18H15NS. The van der Waals surface area contributed by atoms with Gasteiger partial charge < -0.3 is 0 Å². The van der Waals surface area contributed by atoms with Crippen molar-refractivity contribution in [2.24, 2.45) is 0 Å². The van der Waals surface area contributed by atoms with Crippen molar-refractivity contribution in [3.63, 3.8) is 0 Å². The molecule has 2 aromatic carbocycles. The van der Waals surface area contributed by atoms with Gasteiger partial charge in [0.2, 0.25) is 0 Å². The number of rotatable bonds is 1. The monoisotopic (exact) mass is 277 g/mol. The van der Waals surface area contributed by atoms with Crippen LogP contribution in [-0.4, -0.2) is 4.98 Å². The fourth-order valence-electron chi connectivity index (χ4n) is 2.82. The van der Waals surface area contributed by atoms with E-state index in [1.807, 2.05) is 23.6 Å². The van der Waals surface area contributed by atoms with Gasteiger partial charge in [-0.15, -0.1) is 11.3 Å². The lowest BCUT2D eigenvalue weighted by atomic mass is 10.0. The largest absolute Gasteiger partial charge is 0.256 e. The molecule has 0 aliphatic carbocycles. The fraction of sp³-hybridized carbons (Fsp3) is 0.167. The highest BCUT2D eigenvalue weighted by molar-refractivity contribution is 7.20. The van der Waals surface area contributed by atoms with E-state index >= 15 is 0 Å². The number of pyridine rings is 1. The third-order valence-electron chi connectivity index (χ3n) is 3.84. The molecule has 0 aliphatic rings. The molecule has 0 aliphatic heterocycles. The summed E-state index contributed by atoms with van der Waals surface area (Å²) in [5, 5.41) is 5.21. The van der Waals surface area contributed by atoms with Crippen LogP contribution >= 0.6 is 11.3 Å². The highest BCUT2D eigenvalue weighted by Gasteiger charge is 2.13. The quantitative estimate of drug-likeness (QED) is 0.405. The van der Waals surface area contributed by atoms with Crippen LogP contribution in [-0.2, 0) is 0 Å². The third kappa shape index (κ3) is 1.58. The zero-order valence-electron chi connectivity index (χ0n) is 11.6. The van der Waals surface area contributed by atoms with Crippen LogP contribution in [0, 0.1) is 0 Å². The number of nitrogens with zero attached hydrogens (tertiary/aromatic N) is 1. The summed E-state index contributed by atoms with van der Waals surface area (Å²) < 4.78 is 1.37. The highest BCUT2D eigenvalue weighted by atomic mass is 32.1. The Morgan fingerprint density at radius 3 is 2.45 bits per heavy atom. The number of aromatic nitrogens is 1. The van der Waals surface area contributed by atoms with Crippen LogP contribution in [0.15, 0.2) is 48.7 Å². The number of thiophene rings is 1. The maximum absolute atomic E-state index is 4.64. The zero-order valence-corrected chi connectivity index (χ0v) is 12.4. The predicted molar refractivity (Wildman–Crippen MR) is 88.7 cm³/mol. The van der Waals surface area contributed by atoms with Gasteiger partial charge in [-0.1, -0.05) is 44.2 Å². The summed E-state index contributed by atoms with van der Waals surface area (Å²) in [5.41, 5.74) is 1.13. The number of hydrogen-bond donors (Lipinski definition) is 0. The third-order valence-corrected chi connectivity index (χ3v) is 5.31. The molecule has 0 amide bonds. The molecule has 0 atom stereocenters. The first-order valence-electron chi connectivity index (χ1n) is 6.94. The molecule has 1 nitrogen and oxygen atoms in total. The minimum atomic E-state index is 0.560. The van der Waals surface area contributed by atoms with Gasteiger partial charge in [0, 0.05) is 31.9 Å². The SMILES string of the molecule is CC(C)c1cc2c3ncccc3c3ccccc3c2s1. The molecule has 2 heteroatoms. The van der Waals surface area contributed by atoms with E-state index in [2.05, 4.69) is 55.2 Å². The summed E-state index contributed by atoms with van der Waals surface area (Å²) in [7, 11) is 0. The van der Waals surface area contributed by atoms with E-state index in [1.54, 1.807) is 0 Å². The van der Waals surface area contributed by atoms with Gasteiger partial charge in [-0.05, 0) is 23.4 Å². The maximum Gasteiger partial charge on any atom is 0.0795 e. The van der Waals surface area contributed by atoms with Crippen molar-refractivity contribution < 1.29 is 0 Å². The molecule has 0 radical (unpaired) electrons. The van der Waals surface area contributed by atoms with Crippen molar-refractivity contribution >= 4 is 43.1 Å². The van der Waals surface area contributed by atoms with Gasteiger partial charge >= 0.3 is 0 Å². The van der Waals surface area contributed by atoms with Gasteiger partial charge in [0.1, 0.15) is 0 Å². The van der Waals surface area contributed by atoms with Crippen LogP contribution in [0.25, 0.3) is 31.8 Å². The second-order valence-corrected chi connectivity index (χ2v) is 6.58. The van der Waals surface area contributed by atoms with E-state index < -0.39 is 0 Å². The van der Waals surface area contributed by atoms with Gasteiger partial charge in [0.15, 0.2) is 0 Å². The zero-order chi connectivity index (χ0) is 13.7. The molecule has 4 rings (SSSR count). The van der Waals surface area contributed by atoms with Crippen LogP contribution in [0.4, 0.5) is 0 Å². The normalized spacial score (nSPS) is 11.9. The minimum absolute atomic E-state index is 0.560. The van der Waals surface area contributed by atoms with Crippen molar-refractivity contribution in [2.75, 3.05) is 0 Å². The number of benzene rings is 2. The van der Waals surface area contributed by atoms with E-state index in [0.29, 0.717) is 5.92 Å². The van der Waals surface area contributed by atoms with Crippen molar-refractivity contribution in [1.29, 1.82) is 0 Å². The van der Waals surface area contributed by atoms with E-state index in [-0.39, 0.29) is 0 Å². The van der Waals surface area contributed by atoms with Crippen LogP contribution in [0.3, 0.4) is 0 Å². The molecule has 0 spiro atoms. The number of hydrogen-bond acceptors (Lipinski definition) is 2. The summed E-state index contributed by atoms with van der Waals surface area (Å²) in [6.45, 7) is 4.51. The molecule has 4 aromatic rings. The molecule has 0 bridgehead atoms. The van der Waals surface area contributed by atoms with Crippen molar-refractivity contribution in [3.05, 3.63) is 53.5 Å². The Balaban J connectivity index is 2.32. The Morgan fingerprint density at radius 1 is 0.900 bits per heavy atom. The Hall–Kier alpha value is -1.93. The first kappa shape index (κ1) is 11.9. The lowest BCUT2D eigenvalue weighted by Crippen LogP contribution is -1.82. The van der Waals surface area contributed by atoms with Gasteiger partial charge in [-0.2, -0.15) is 0 Å². The second-order valence-electron chi connectivity index (χ2n) is 5.49. The minimum Gasteiger partial charge on any atom is -0.256 e. The Kier molecular flexibility index (Phi) is 2.54. The lowest BCUT2D eigenvalue weighted by molar-refractivity contribution is 0.890. The molecule has 0 saturated carbocycles. The average Bonchev–Trinajstić information content (AvgIpc) is 2.93. The van der Waals surface area contributed by atoms with Gasteiger partial charge in [0.25, 0.3) is 0 Å². The van der Waals surface area contributed by atoms with Gasteiger partial charge in [0.05, 0.1) is 5.52 Å².